The molecule has 0 spiro atoms. The quantitative estimate of drug-likeness (QED) is 0.0346. The van der Waals surface area contributed by atoms with Gasteiger partial charge in [0.05, 0.1) is 6.61 Å². The molecule has 0 bridgehead atoms. The summed E-state index contributed by atoms with van der Waals surface area (Å²) in [6.07, 6.45) is 76.8. The first-order valence-electron chi connectivity index (χ1n) is 27.4. The van der Waals surface area contributed by atoms with Crippen LogP contribution in [0.4, 0.5) is 0 Å². The second kappa shape index (κ2) is 55.9. The van der Waals surface area contributed by atoms with Crippen molar-refractivity contribution >= 4 is 11.9 Å². The molecule has 0 saturated heterocycles. The van der Waals surface area contributed by atoms with Gasteiger partial charge in [0.2, 0.25) is 0 Å². The molecule has 0 aliphatic rings. The molecule has 5 heteroatoms. The van der Waals surface area contributed by atoms with Gasteiger partial charge in [-0.2, -0.15) is 0 Å². The summed E-state index contributed by atoms with van der Waals surface area (Å²) in [7, 11) is 0. The van der Waals surface area contributed by atoms with E-state index in [0.717, 1.165) is 109 Å². The first-order valence-corrected chi connectivity index (χ1v) is 27.4. The fourth-order valence-electron chi connectivity index (χ4n) is 7.26. The average Bonchev–Trinajstić information content (AvgIpc) is 3.32. The van der Waals surface area contributed by atoms with Crippen LogP contribution < -0.4 is 0 Å². The first kappa shape index (κ1) is 62.6. The van der Waals surface area contributed by atoms with Gasteiger partial charge in [-0.25, -0.2) is 0 Å². The molecule has 0 saturated carbocycles. The molecule has 1 atom stereocenters. The Bertz CT molecular complexity index is 1310. The second-order valence-corrected chi connectivity index (χ2v) is 17.7. The van der Waals surface area contributed by atoms with E-state index in [4.69, 9.17) is 14.2 Å². The number of unbranched alkanes of at least 4 members (excludes halogenated alkanes) is 20. The second-order valence-electron chi connectivity index (χ2n) is 17.7. The van der Waals surface area contributed by atoms with Crippen LogP contribution in [0.3, 0.4) is 0 Å². The van der Waals surface area contributed by atoms with Gasteiger partial charge in [-0.3, -0.25) is 9.59 Å². The van der Waals surface area contributed by atoms with E-state index in [-0.39, 0.29) is 25.2 Å². The Labute approximate surface area is 408 Å². The van der Waals surface area contributed by atoms with E-state index >= 15 is 0 Å². The van der Waals surface area contributed by atoms with Crippen molar-refractivity contribution in [1.29, 1.82) is 0 Å². The van der Waals surface area contributed by atoms with Crippen LogP contribution in [0.2, 0.25) is 0 Å². The van der Waals surface area contributed by atoms with Crippen molar-refractivity contribution in [2.75, 3.05) is 19.8 Å². The summed E-state index contributed by atoms with van der Waals surface area (Å²) in [6, 6.07) is 0. The van der Waals surface area contributed by atoms with Crippen molar-refractivity contribution in [3.8, 4) is 0 Å². The lowest BCUT2D eigenvalue weighted by Crippen LogP contribution is -2.30. The Kier molecular flexibility index (Phi) is 53.0. The van der Waals surface area contributed by atoms with E-state index < -0.39 is 6.10 Å². The maximum Gasteiger partial charge on any atom is 0.306 e. The molecule has 66 heavy (non-hydrogen) atoms. The molecule has 0 amide bonds. The van der Waals surface area contributed by atoms with Crippen LogP contribution >= 0.6 is 0 Å². The molecular weight excluding hydrogens is 813 g/mol. The Morgan fingerprint density at radius 2 is 0.697 bits per heavy atom. The lowest BCUT2D eigenvalue weighted by atomic mass is 10.1. The van der Waals surface area contributed by atoms with Crippen molar-refractivity contribution in [2.45, 2.75) is 245 Å². The van der Waals surface area contributed by atoms with Gasteiger partial charge < -0.3 is 14.2 Å². The van der Waals surface area contributed by atoms with Crippen LogP contribution in [-0.2, 0) is 23.8 Å². The minimum atomic E-state index is -0.585. The van der Waals surface area contributed by atoms with Gasteiger partial charge >= 0.3 is 11.9 Å². The van der Waals surface area contributed by atoms with E-state index in [1.165, 1.54) is 96.3 Å². The number of ether oxygens (including phenoxy) is 3. The highest BCUT2D eigenvalue weighted by Gasteiger charge is 2.17. The lowest BCUT2D eigenvalue weighted by Gasteiger charge is -2.18. The van der Waals surface area contributed by atoms with Crippen molar-refractivity contribution in [3.05, 3.63) is 109 Å². The van der Waals surface area contributed by atoms with Crippen LogP contribution in [-0.4, -0.2) is 37.9 Å². The molecule has 5 nitrogen and oxygen atoms in total. The number of hydrogen-bond acceptors (Lipinski definition) is 5. The minimum absolute atomic E-state index is 0.0468. The smallest absolute Gasteiger partial charge is 0.306 e. The van der Waals surface area contributed by atoms with Gasteiger partial charge in [-0.05, 0) is 116 Å². The summed E-state index contributed by atoms with van der Waals surface area (Å²) in [5, 5.41) is 0. The highest BCUT2D eigenvalue weighted by atomic mass is 16.6. The van der Waals surface area contributed by atoms with Gasteiger partial charge in [0.25, 0.3) is 0 Å². The molecule has 0 N–H and O–H groups in total. The van der Waals surface area contributed by atoms with E-state index in [1.54, 1.807) is 0 Å². The van der Waals surface area contributed by atoms with Crippen LogP contribution in [0, 0.1) is 0 Å². The van der Waals surface area contributed by atoms with E-state index in [9.17, 15) is 9.59 Å². The maximum atomic E-state index is 12.8. The Hall–Kier alpha value is -3.44. The molecule has 0 aromatic heterocycles. The third kappa shape index (κ3) is 53.2. The van der Waals surface area contributed by atoms with Gasteiger partial charge in [0, 0.05) is 19.4 Å². The molecule has 376 valence electrons. The number of rotatable bonds is 49. The molecule has 0 aliphatic heterocycles. The molecule has 0 heterocycles. The molecule has 0 aliphatic carbocycles. The van der Waals surface area contributed by atoms with E-state index in [2.05, 4.69) is 130 Å². The van der Waals surface area contributed by atoms with Crippen molar-refractivity contribution in [2.24, 2.45) is 0 Å². The third-order valence-electron chi connectivity index (χ3n) is 11.3. The number of hydrogen-bond donors (Lipinski definition) is 0. The predicted octanol–water partition coefficient (Wildman–Crippen LogP) is 18.8. The molecule has 0 fully saturated rings. The highest BCUT2D eigenvalue weighted by molar-refractivity contribution is 5.70. The summed E-state index contributed by atoms with van der Waals surface area (Å²) in [5.74, 6) is -0.482. The van der Waals surface area contributed by atoms with Gasteiger partial charge in [0.15, 0.2) is 6.10 Å². The normalized spacial score (nSPS) is 13.1. The number of esters is 2. The average molecular weight is 915 g/mol. The first-order chi connectivity index (χ1) is 32.6. The zero-order valence-corrected chi connectivity index (χ0v) is 43.2. The number of carbonyl (C=O) groups is 2. The van der Waals surface area contributed by atoms with Crippen molar-refractivity contribution in [1.82, 2.24) is 0 Å². The van der Waals surface area contributed by atoms with Crippen molar-refractivity contribution in [3.63, 3.8) is 0 Å². The zero-order valence-electron chi connectivity index (χ0n) is 43.2. The van der Waals surface area contributed by atoms with Crippen LogP contribution in [0.15, 0.2) is 109 Å². The van der Waals surface area contributed by atoms with Gasteiger partial charge in [0.1, 0.15) is 6.61 Å². The van der Waals surface area contributed by atoms with Crippen LogP contribution in [0.5, 0.6) is 0 Å². The minimum Gasteiger partial charge on any atom is -0.462 e. The van der Waals surface area contributed by atoms with E-state index in [0.29, 0.717) is 19.4 Å². The summed E-state index contributed by atoms with van der Waals surface area (Å²) in [4.78, 5) is 25.5. The number of allylic oxidation sites excluding steroid dienone is 18. The molecule has 0 rings (SSSR count). The zero-order chi connectivity index (χ0) is 47.7. The molecule has 0 aromatic carbocycles. The van der Waals surface area contributed by atoms with Gasteiger partial charge in [-0.15, -0.1) is 0 Å². The number of carbonyl (C=O) groups excluding carboxylic acids is 2. The maximum absolute atomic E-state index is 12.8. The summed E-state index contributed by atoms with van der Waals surface area (Å²) in [6.45, 7) is 7.49. The standard InChI is InChI=1S/C61H102O5/c1-4-7-10-13-16-19-22-25-28-30-31-33-34-36-39-42-45-48-51-54-60(62)65-58-59(57-64-56-53-50-47-44-41-38-27-24-21-18-15-12-9-6-3)66-61(63)55-52-49-46-43-40-37-35-32-29-26-23-20-17-14-11-8-5-2/h8-9,11-12,17-18,20-21,25-29,35,37-38,43,46,59H,4-7,10,13-16,19,22-24,30-34,36,39-42,44-45,47-58H2,1-3H3/b11-8-,12-9-,20-17-,21-18-,28-25-,29-26-,37-35-,38-27-,46-43-. The van der Waals surface area contributed by atoms with Gasteiger partial charge in [-0.1, -0.05) is 220 Å². The Balaban J connectivity index is 4.38. The largest absolute Gasteiger partial charge is 0.462 e. The van der Waals surface area contributed by atoms with E-state index in [1.807, 2.05) is 0 Å². The summed E-state index contributed by atoms with van der Waals surface area (Å²) < 4.78 is 17.4. The highest BCUT2D eigenvalue weighted by Crippen LogP contribution is 2.14. The molecule has 0 aromatic rings. The fraction of sp³-hybridized carbons (Fsp3) is 0.672. The topological polar surface area (TPSA) is 61.8 Å². The molecule has 0 radical (unpaired) electrons. The van der Waals surface area contributed by atoms with Crippen LogP contribution in [0.1, 0.15) is 239 Å². The summed E-state index contributed by atoms with van der Waals surface area (Å²) in [5.41, 5.74) is 0. The Morgan fingerprint density at radius 3 is 1.15 bits per heavy atom. The van der Waals surface area contributed by atoms with Crippen molar-refractivity contribution < 1.29 is 23.8 Å². The SMILES string of the molecule is CC/C=C\C/C=C\C/C=C\C/C=C\C/C=C\CCCC(=O)OC(COCCCCCC/C=C\C/C=C\C/C=C\CC)COC(=O)CCCCCCCCCCC/C=C\CCCCCCCC. The molecular formula is C61H102O5. The Morgan fingerprint density at radius 1 is 0.348 bits per heavy atom. The van der Waals surface area contributed by atoms with Crippen LogP contribution in [0.25, 0.3) is 0 Å². The predicted molar refractivity (Wildman–Crippen MR) is 288 cm³/mol. The summed E-state index contributed by atoms with van der Waals surface area (Å²) >= 11 is 0. The molecule has 1 unspecified atom stereocenters. The third-order valence-corrected chi connectivity index (χ3v) is 11.3. The fourth-order valence-corrected chi connectivity index (χ4v) is 7.26. The monoisotopic (exact) mass is 915 g/mol. The lowest BCUT2D eigenvalue weighted by molar-refractivity contribution is -0.162.